The molecular formula is C12H19NO2. The molecule has 0 unspecified atom stereocenters. The molecule has 0 spiro atoms. The van der Waals surface area contributed by atoms with Gasteiger partial charge in [-0.3, -0.25) is 0 Å². The van der Waals surface area contributed by atoms with Crippen molar-refractivity contribution in [3.63, 3.8) is 0 Å². The molecule has 1 rings (SSSR count). The van der Waals surface area contributed by atoms with E-state index in [-0.39, 0.29) is 0 Å². The largest absolute Gasteiger partial charge is 0.385 e. The molecule has 0 atom stereocenters. The Hall–Kier alpha value is -0.900. The van der Waals surface area contributed by atoms with Crippen LogP contribution in [0.25, 0.3) is 0 Å². The average molecular weight is 209 g/mol. The summed E-state index contributed by atoms with van der Waals surface area (Å²) in [5.74, 6) is 4.97. The lowest BCUT2D eigenvalue weighted by atomic mass is 10.1. The van der Waals surface area contributed by atoms with Crippen molar-refractivity contribution in [2.24, 2.45) is 5.90 Å². The molecule has 3 heteroatoms. The Labute approximate surface area is 91.1 Å². The van der Waals surface area contributed by atoms with E-state index in [1.54, 1.807) is 7.11 Å². The Kier molecular flexibility index (Phi) is 6.00. The van der Waals surface area contributed by atoms with Gasteiger partial charge >= 0.3 is 0 Å². The Bertz CT molecular complexity index is 259. The maximum atomic E-state index is 5.01. The van der Waals surface area contributed by atoms with Crippen LogP contribution in [0.3, 0.4) is 0 Å². The summed E-state index contributed by atoms with van der Waals surface area (Å²) in [6, 6.07) is 8.56. The van der Waals surface area contributed by atoms with Crippen LogP contribution in [-0.4, -0.2) is 20.3 Å². The summed E-state index contributed by atoms with van der Waals surface area (Å²) in [5, 5.41) is 0. The number of aryl methyl sites for hydroxylation is 1. The topological polar surface area (TPSA) is 44.5 Å². The summed E-state index contributed by atoms with van der Waals surface area (Å²) in [5.41, 5.74) is 2.61. The van der Waals surface area contributed by atoms with Crippen molar-refractivity contribution in [1.29, 1.82) is 0 Å². The molecule has 0 fully saturated rings. The van der Waals surface area contributed by atoms with E-state index >= 15 is 0 Å². The number of nitrogens with two attached hydrogens (primary N) is 1. The molecule has 2 N–H and O–H groups in total. The third kappa shape index (κ3) is 4.93. The first-order valence-corrected chi connectivity index (χ1v) is 5.25. The van der Waals surface area contributed by atoms with Crippen LogP contribution in [0.5, 0.6) is 0 Å². The Morgan fingerprint density at radius 3 is 2.13 bits per heavy atom. The second kappa shape index (κ2) is 7.40. The van der Waals surface area contributed by atoms with Crippen LogP contribution in [0.1, 0.15) is 17.5 Å². The Morgan fingerprint density at radius 1 is 1.00 bits per heavy atom. The standard InChI is InChI=1S/C12H19NO2/c1-14-9-2-3-11-4-6-12(7-5-11)8-10-15-13/h4-7H,2-3,8-10,13H2,1H3. The van der Waals surface area contributed by atoms with Gasteiger partial charge in [-0.05, 0) is 30.4 Å². The van der Waals surface area contributed by atoms with Gasteiger partial charge in [0.15, 0.2) is 0 Å². The lowest BCUT2D eigenvalue weighted by Crippen LogP contribution is -2.03. The van der Waals surface area contributed by atoms with Crippen LogP contribution in [0, 0.1) is 0 Å². The van der Waals surface area contributed by atoms with Gasteiger partial charge in [-0.1, -0.05) is 24.3 Å². The van der Waals surface area contributed by atoms with Crippen LogP contribution >= 0.6 is 0 Å². The van der Waals surface area contributed by atoms with Crippen LogP contribution in [-0.2, 0) is 22.4 Å². The van der Waals surface area contributed by atoms with Gasteiger partial charge in [0.1, 0.15) is 0 Å². The van der Waals surface area contributed by atoms with Crippen LogP contribution in [0.15, 0.2) is 24.3 Å². The number of rotatable bonds is 7. The van der Waals surface area contributed by atoms with E-state index < -0.39 is 0 Å². The molecule has 0 heterocycles. The third-order valence-electron chi connectivity index (χ3n) is 2.35. The quantitative estimate of drug-likeness (QED) is 0.549. The van der Waals surface area contributed by atoms with Crippen molar-refractivity contribution >= 4 is 0 Å². The number of ether oxygens (including phenoxy) is 1. The molecule has 0 saturated carbocycles. The van der Waals surface area contributed by atoms with E-state index in [0.29, 0.717) is 6.61 Å². The van der Waals surface area contributed by atoms with Gasteiger partial charge in [0.05, 0.1) is 6.61 Å². The van der Waals surface area contributed by atoms with Crippen molar-refractivity contribution in [3.8, 4) is 0 Å². The molecular weight excluding hydrogens is 190 g/mol. The molecule has 3 nitrogen and oxygen atoms in total. The highest BCUT2D eigenvalue weighted by Crippen LogP contribution is 2.07. The van der Waals surface area contributed by atoms with Crippen molar-refractivity contribution in [2.45, 2.75) is 19.3 Å². The molecule has 15 heavy (non-hydrogen) atoms. The van der Waals surface area contributed by atoms with Crippen molar-refractivity contribution in [1.82, 2.24) is 0 Å². The Balaban J connectivity index is 2.35. The third-order valence-corrected chi connectivity index (χ3v) is 2.35. The molecule has 0 aliphatic carbocycles. The van der Waals surface area contributed by atoms with Gasteiger partial charge < -0.3 is 9.57 Å². The minimum absolute atomic E-state index is 0.572. The van der Waals surface area contributed by atoms with E-state index in [9.17, 15) is 0 Å². The average Bonchev–Trinajstić information content (AvgIpc) is 2.28. The van der Waals surface area contributed by atoms with Gasteiger partial charge in [-0.2, -0.15) is 0 Å². The summed E-state index contributed by atoms with van der Waals surface area (Å²) in [7, 11) is 1.73. The minimum Gasteiger partial charge on any atom is -0.385 e. The molecule has 84 valence electrons. The fraction of sp³-hybridized carbons (Fsp3) is 0.500. The predicted molar refractivity (Wildman–Crippen MR) is 60.5 cm³/mol. The Morgan fingerprint density at radius 2 is 1.60 bits per heavy atom. The fourth-order valence-electron chi connectivity index (χ4n) is 1.47. The van der Waals surface area contributed by atoms with E-state index in [4.69, 9.17) is 10.6 Å². The van der Waals surface area contributed by atoms with E-state index in [1.807, 2.05) is 0 Å². The highest BCUT2D eigenvalue weighted by molar-refractivity contribution is 5.22. The molecule has 0 aliphatic heterocycles. The summed E-state index contributed by atoms with van der Waals surface area (Å²) >= 11 is 0. The highest BCUT2D eigenvalue weighted by Gasteiger charge is 1.95. The molecule has 0 saturated heterocycles. The zero-order chi connectivity index (χ0) is 10.9. The smallest absolute Gasteiger partial charge is 0.0719 e. The van der Waals surface area contributed by atoms with Gasteiger partial charge in [-0.25, -0.2) is 5.90 Å². The zero-order valence-electron chi connectivity index (χ0n) is 9.24. The van der Waals surface area contributed by atoms with Gasteiger partial charge in [0, 0.05) is 13.7 Å². The molecule has 1 aromatic carbocycles. The van der Waals surface area contributed by atoms with Crippen LogP contribution < -0.4 is 5.90 Å². The van der Waals surface area contributed by atoms with Gasteiger partial charge in [0.2, 0.25) is 0 Å². The van der Waals surface area contributed by atoms with E-state index in [2.05, 4.69) is 29.1 Å². The van der Waals surface area contributed by atoms with Gasteiger partial charge in [-0.15, -0.1) is 0 Å². The fourth-order valence-corrected chi connectivity index (χ4v) is 1.47. The second-order valence-electron chi connectivity index (χ2n) is 3.53. The second-order valence-corrected chi connectivity index (χ2v) is 3.53. The molecule has 0 bridgehead atoms. The molecule has 0 aromatic heterocycles. The number of hydrogen-bond donors (Lipinski definition) is 1. The van der Waals surface area contributed by atoms with Crippen molar-refractivity contribution in [2.75, 3.05) is 20.3 Å². The van der Waals surface area contributed by atoms with Crippen molar-refractivity contribution < 1.29 is 9.57 Å². The summed E-state index contributed by atoms with van der Waals surface area (Å²) in [4.78, 5) is 4.54. The highest BCUT2D eigenvalue weighted by atomic mass is 16.6. The summed E-state index contributed by atoms with van der Waals surface area (Å²) in [6.07, 6.45) is 3.01. The maximum Gasteiger partial charge on any atom is 0.0719 e. The molecule has 0 amide bonds. The molecule has 1 aromatic rings. The maximum absolute atomic E-state index is 5.01. The minimum atomic E-state index is 0.572. The number of methoxy groups -OCH3 is 1. The summed E-state index contributed by atoms with van der Waals surface area (Å²) < 4.78 is 5.01. The van der Waals surface area contributed by atoms with E-state index in [1.165, 1.54) is 11.1 Å². The normalized spacial score (nSPS) is 10.5. The first-order valence-electron chi connectivity index (χ1n) is 5.25. The molecule has 0 aliphatic rings. The van der Waals surface area contributed by atoms with E-state index in [0.717, 1.165) is 25.9 Å². The molecule has 0 radical (unpaired) electrons. The summed E-state index contributed by atoms with van der Waals surface area (Å²) in [6.45, 7) is 1.39. The first-order chi connectivity index (χ1) is 7.36. The lowest BCUT2D eigenvalue weighted by Gasteiger charge is -2.03. The lowest BCUT2D eigenvalue weighted by molar-refractivity contribution is 0.141. The van der Waals surface area contributed by atoms with Crippen LogP contribution in [0.2, 0.25) is 0 Å². The van der Waals surface area contributed by atoms with Crippen LogP contribution in [0.4, 0.5) is 0 Å². The monoisotopic (exact) mass is 209 g/mol. The number of hydrogen-bond acceptors (Lipinski definition) is 3. The first kappa shape index (κ1) is 12.2. The number of benzene rings is 1. The van der Waals surface area contributed by atoms with Gasteiger partial charge in [0.25, 0.3) is 0 Å². The SMILES string of the molecule is COCCCc1ccc(CCON)cc1. The predicted octanol–water partition coefficient (Wildman–Crippen LogP) is 1.70. The zero-order valence-corrected chi connectivity index (χ0v) is 9.24. The van der Waals surface area contributed by atoms with Crippen molar-refractivity contribution in [3.05, 3.63) is 35.4 Å².